The van der Waals surface area contributed by atoms with E-state index in [2.05, 4.69) is 6.92 Å². The second-order valence-corrected chi connectivity index (χ2v) is 4.01. The highest BCUT2D eigenvalue weighted by Gasteiger charge is 2.04. The van der Waals surface area contributed by atoms with Gasteiger partial charge in [-0.2, -0.15) is 0 Å². The van der Waals surface area contributed by atoms with Crippen LogP contribution in [0.1, 0.15) is 64.7 Å². The molecule has 0 saturated heterocycles. The predicted molar refractivity (Wildman–Crippen MR) is 62.6 cm³/mol. The van der Waals surface area contributed by atoms with Crippen LogP contribution in [0.3, 0.4) is 0 Å². The standard InChI is InChI=1S/C12H23NO2/c1-2-3-4-5-6-7-8-9-10-11(13)12(14)15/h13H,2-10H2,1H3,(H,14,15). The lowest BCUT2D eigenvalue weighted by Crippen LogP contribution is -2.10. The van der Waals surface area contributed by atoms with E-state index in [1.807, 2.05) is 0 Å². The monoisotopic (exact) mass is 213 g/mol. The normalized spacial score (nSPS) is 10.2. The smallest absolute Gasteiger partial charge is 0.349 e. The van der Waals surface area contributed by atoms with Crippen molar-refractivity contribution in [2.24, 2.45) is 0 Å². The lowest BCUT2D eigenvalue weighted by atomic mass is 10.1. The van der Waals surface area contributed by atoms with E-state index in [0.717, 1.165) is 12.8 Å². The summed E-state index contributed by atoms with van der Waals surface area (Å²) in [7, 11) is 0. The second-order valence-electron chi connectivity index (χ2n) is 4.01. The molecule has 0 aromatic rings. The number of carbonyl (C=O) groups is 1. The van der Waals surface area contributed by atoms with Gasteiger partial charge in [0.1, 0.15) is 5.71 Å². The Kier molecular flexibility index (Phi) is 9.13. The zero-order valence-electron chi connectivity index (χ0n) is 9.72. The van der Waals surface area contributed by atoms with Crippen molar-refractivity contribution in [1.29, 1.82) is 5.41 Å². The van der Waals surface area contributed by atoms with Crippen LogP contribution in [-0.4, -0.2) is 16.8 Å². The summed E-state index contributed by atoms with van der Waals surface area (Å²) in [5, 5.41) is 15.6. The molecule has 0 aromatic heterocycles. The SMILES string of the molecule is CCCCCCCCCCC(=N)C(=O)O. The molecule has 15 heavy (non-hydrogen) atoms. The first kappa shape index (κ1) is 14.1. The zero-order chi connectivity index (χ0) is 11.5. The van der Waals surface area contributed by atoms with Crippen LogP contribution in [0, 0.1) is 5.41 Å². The van der Waals surface area contributed by atoms with Crippen molar-refractivity contribution < 1.29 is 9.90 Å². The van der Waals surface area contributed by atoms with E-state index in [4.69, 9.17) is 10.5 Å². The summed E-state index contributed by atoms with van der Waals surface area (Å²) < 4.78 is 0. The predicted octanol–water partition coefficient (Wildman–Crippen LogP) is 3.62. The second kappa shape index (κ2) is 9.69. The van der Waals surface area contributed by atoms with Crippen molar-refractivity contribution in [1.82, 2.24) is 0 Å². The molecule has 0 unspecified atom stereocenters. The zero-order valence-corrected chi connectivity index (χ0v) is 9.72. The van der Waals surface area contributed by atoms with Gasteiger partial charge in [-0.05, 0) is 12.8 Å². The third kappa shape index (κ3) is 9.44. The van der Waals surface area contributed by atoms with Gasteiger partial charge in [-0.25, -0.2) is 4.79 Å². The van der Waals surface area contributed by atoms with Gasteiger partial charge in [-0.15, -0.1) is 0 Å². The molecule has 0 rings (SSSR count). The molecule has 0 aliphatic carbocycles. The number of nitrogens with one attached hydrogen (secondary N) is 1. The number of aliphatic carboxylic acids is 1. The van der Waals surface area contributed by atoms with Crippen molar-refractivity contribution in [2.75, 3.05) is 0 Å². The van der Waals surface area contributed by atoms with E-state index in [-0.39, 0.29) is 5.71 Å². The van der Waals surface area contributed by atoms with Crippen molar-refractivity contribution in [2.45, 2.75) is 64.7 Å². The molecular weight excluding hydrogens is 190 g/mol. The Morgan fingerprint density at radius 2 is 1.47 bits per heavy atom. The van der Waals surface area contributed by atoms with Crippen molar-refractivity contribution in [3.8, 4) is 0 Å². The first-order chi connectivity index (χ1) is 7.18. The third-order valence-corrected chi connectivity index (χ3v) is 2.54. The highest BCUT2D eigenvalue weighted by molar-refractivity contribution is 6.34. The lowest BCUT2D eigenvalue weighted by molar-refractivity contribution is -0.129. The Hall–Kier alpha value is -0.860. The summed E-state index contributed by atoms with van der Waals surface area (Å²) in [5.74, 6) is -1.07. The molecule has 0 radical (unpaired) electrons. The van der Waals surface area contributed by atoms with Crippen LogP contribution in [0.15, 0.2) is 0 Å². The summed E-state index contributed by atoms with van der Waals surface area (Å²) in [5.41, 5.74) is -0.152. The molecule has 88 valence electrons. The Bertz CT molecular complexity index is 190. The lowest BCUT2D eigenvalue weighted by Gasteiger charge is -2.01. The molecule has 0 spiro atoms. The van der Waals surface area contributed by atoms with E-state index >= 15 is 0 Å². The molecular formula is C12H23NO2. The van der Waals surface area contributed by atoms with Crippen molar-refractivity contribution in [3.63, 3.8) is 0 Å². The molecule has 0 saturated carbocycles. The van der Waals surface area contributed by atoms with Gasteiger partial charge >= 0.3 is 5.97 Å². The summed E-state index contributed by atoms with van der Waals surface area (Å²) in [6.45, 7) is 2.21. The van der Waals surface area contributed by atoms with Crippen LogP contribution in [0.2, 0.25) is 0 Å². The molecule has 0 atom stereocenters. The van der Waals surface area contributed by atoms with E-state index in [0.29, 0.717) is 6.42 Å². The van der Waals surface area contributed by atoms with Crippen LogP contribution in [0.4, 0.5) is 0 Å². The maximum Gasteiger partial charge on any atom is 0.349 e. The molecule has 0 amide bonds. The average molecular weight is 213 g/mol. The quantitative estimate of drug-likeness (QED) is 0.430. The van der Waals surface area contributed by atoms with E-state index in [1.54, 1.807) is 0 Å². The van der Waals surface area contributed by atoms with Crippen LogP contribution >= 0.6 is 0 Å². The Morgan fingerprint density at radius 3 is 1.93 bits per heavy atom. The molecule has 0 aliphatic heterocycles. The number of carboxylic acid groups (broad SMARTS) is 1. The molecule has 0 bridgehead atoms. The Morgan fingerprint density at radius 1 is 1.00 bits per heavy atom. The molecule has 3 nitrogen and oxygen atoms in total. The fraction of sp³-hybridized carbons (Fsp3) is 0.833. The number of hydrogen-bond donors (Lipinski definition) is 2. The molecule has 0 heterocycles. The Labute approximate surface area is 92.4 Å². The summed E-state index contributed by atoms with van der Waals surface area (Å²) in [4.78, 5) is 10.3. The topological polar surface area (TPSA) is 61.2 Å². The fourth-order valence-corrected chi connectivity index (χ4v) is 1.54. The minimum Gasteiger partial charge on any atom is -0.477 e. The van der Waals surface area contributed by atoms with Crippen LogP contribution in [-0.2, 0) is 4.79 Å². The van der Waals surface area contributed by atoms with Gasteiger partial charge in [0.25, 0.3) is 0 Å². The highest BCUT2D eigenvalue weighted by Crippen LogP contribution is 2.09. The number of hydrogen-bond acceptors (Lipinski definition) is 2. The first-order valence-corrected chi connectivity index (χ1v) is 5.99. The molecule has 2 N–H and O–H groups in total. The van der Waals surface area contributed by atoms with Crippen LogP contribution in [0.25, 0.3) is 0 Å². The molecule has 0 fully saturated rings. The third-order valence-electron chi connectivity index (χ3n) is 2.54. The van der Waals surface area contributed by atoms with Gasteiger partial charge in [0.2, 0.25) is 0 Å². The first-order valence-electron chi connectivity index (χ1n) is 5.99. The minimum absolute atomic E-state index is 0.152. The van der Waals surface area contributed by atoms with Gasteiger partial charge in [-0.1, -0.05) is 51.9 Å². The largest absolute Gasteiger partial charge is 0.477 e. The van der Waals surface area contributed by atoms with Gasteiger partial charge in [0.05, 0.1) is 0 Å². The average Bonchev–Trinajstić information content (AvgIpc) is 2.21. The number of unbranched alkanes of at least 4 members (excludes halogenated alkanes) is 7. The maximum absolute atomic E-state index is 10.3. The van der Waals surface area contributed by atoms with Crippen molar-refractivity contribution in [3.05, 3.63) is 0 Å². The van der Waals surface area contributed by atoms with Gasteiger partial charge in [-0.3, -0.25) is 5.41 Å². The van der Waals surface area contributed by atoms with Crippen molar-refractivity contribution >= 4 is 11.7 Å². The summed E-state index contributed by atoms with van der Waals surface area (Å²) in [6.07, 6.45) is 9.97. The van der Waals surface area contributed by atoms with E-state index < -0.39 is 5.97 Å². The fourth-order valence-electron chi connectivity index (χ4n) is 1.54. The summed E-state index contributed by atoms with van der Waals surface area (Å²) in [6, 6.07) is 0. The molecule has 0 aromatic carbocycles. The van der Waals surface area contributed by atoms with E-state index in [9.17, 15) is 4.79 Å². The van der Waals surface area contributed by atoms with Gasteiger partial charge in [0.15, 0.2) is 0 Å². The molecule has 3 heteroatoms. The van der Waals surface area contributed by atoms with Gasteiger partial charge < -0.3 is 5.11 Å². The van der Waals surface area contributed by atoms with Crippen LogP contribution < -0.4 is 0 Å². The number of carboxylic acids is 1. The summed E-state index contributed by atoms with van der Waals surface area (Å²) >= 11 is 0. The highest BCUT2D eigenvalue weighted by atomic mass is 16.4. The molecule has 0 aliphatic rings. The van der Waals surface area contributed by atoms with Gasteiger partial charge in [0, 0.05) is 0 Å². The minimum atomic E-state index is -1.07. The maximum atomic E-state index is 10.3. The van der Waals surface area contributed by atoms with E-state index in [1.165, 1.54) is 38.5 Å². The number of rotatable bonds is 10. The Balaban J connectivity index is 3.11. The van der Waals surface area contributed by atoms with Crippen LogP contribution in [0.5, 0.6) is 0 Å².